The average Bonchev–Trinajstić information content (AvgIpc) is 2.62. The Morgan fingerprint density at radius 3 is 2.38 bits per heavy atom. The number of carboxylic acid groups (broad SMARTS) is 1. The fourth-order valence-electron chi connectivity index (χ4n) is 2.81. The van der Waals surface area contributed by atoms with Gasteiger partial charge in [0.15, 0.2) is 0 Å². The normalized spacial score (nSPS) is 16.2. The molecule has 1 amide bonds. The lowest BCUT2D eigenvalue weighted by Crippen LogP contribution is -2.37. The molecule has 1 fully saturated rings. The van der Waals surface area contributed by atoms with Crippen molar-refractivity contribution in [2.75, 3.05) is 19.6 Å². The van der Waals surface area contributed by atoms with Gasteiger partial charge in [-0.25, -0.2) is 8.42 Å². The molecular formula is C18H26N2O5S. The predicted octanol–water partition coefficient (Wildman–Crippen LogP) is 2.09. The van der Waals surface area contributed by atoms with Gasteiger partial charge in [-0.05, 0) is 45.2 Å². The Labute approximate surface area is 154 Å². The number of benzene rings is 1. The van der Waals surface area contributed by atoms with E-state index < -0.39 is 27.3 Å². The van der Waals surface area contributed by atoms with E-state index in [4.69, 9.17) is 5.11 Å². The molecule has 1 aliphatic rings. The van der Waals surface area contributed by atoms with Gasteiger partial charge in [0, 0.05) is 19.6 Å². The molecule has 0 radical (unpaired) electrons. The maximum atomic E-state index is 12.9. The summed E-state index contributed by atoms with van der Waals surface area (Å²) in [4.78, 5) is 23.6. The maximum Gasteiger partial charge on any atom is 0.309 e. The number of carbonyl (C=O) groups is 2. The molecule has 0 aliphatic carbocycles. The summed E-state index contributed by atoms with van der Waals surface area (Å²) in [6, 6.07) is 6.14. The maximum absolute atomic E-state index is 12.9. The summed E-state index contributed by atoms with van der Waals surface area (Å²) in [6.07, 6.45) is 2.89. The zero-order valence-electron chi connectivity index (χ0n) is 15.2. The van der Waals surface area contributed by atoms with Crippen LogP contribution in [0.5, 0.6) is 0 Å². The van der Waals surface area contributed by atoms with E-state index in [0.29, 0.717) is 13.1 Å². The number of carbonyl (C=O) groups excluding carboxylic acids is 1. The van der Waals surface area contributed by atoms with Crippen LogP contribution in [0.4, 0.5) is 0 Å². The monoisotopic (exact) mass is 382 g/mol. The number of nitrogens with one attached hydrogen (secondary N) is 1. The molecule has 26 heavy (non-hydrogen) atoms. The molecule has 7 nitrogen and oxygen atoms in total. The molecule has 1 aromatic rings. The molecule has 0 spiro atoms. The number of carboxylic acids is 1. The summed E-state index contributed by atoms with van der Waals surface area (Å²) in [5.74, 6) is -1.46. The van der Waals surface area contributed by atoms with E-state index in [1.54, 1.807) is 26.0 Å². The summed E-state index contributed by atoms with van der Waals surface area (Å²) < 4.78 is 27.2. The minimum atomic E-state index is -3.73. The van der Waals surface area contributed by atoms with Gasteiger partial charge in [0.1, 0.15) is 0 Å². The highest BCUT2D eigenvalue weighted by molar-refractivity contribution is 7.89. The van der Waals surface area contributed by atoms with Gasteiger partial charge in [-0.15, -0.1) is 0 Å². The molecule has 0 aromatic heterocycles. The van der Waals surface area contributed by atoms with Crippen LogP contribution in [-0.2, 0) is 14.8 Å². The lowest BCUT2D eigenvalue weighted by atomic mass is 9.90. The van der Waals surface area contributed by atoms with Gasteiger partial charge in [0.05, 0.1) is 15.9 Å². The summed E-state index contributed by atoms with van der Waals surface area (Å²) >= 11 is 0. The number of rotatable bonds is 7. The minimum absolute atomic E-state index is 0.00288. The Hall–Kier alpha value is -1.93. The van der Waals surface area contributed by atoms with Crippen LogP contribution in [-0.4, -0.2) is 49.3 Å². The minimum Gasteiger partial charge on any atom is -0.481 e. The van der Waals surface area contributed by atoms with E-state index in [2.05, 4.69) is 5.32 Å². The van der Waals surface area contributed by atoms with E-state index >= 15 is 0 Å². The van der Waals surface area contributed by atoms with Crippen molar-refractivity contribution in [2.45, 2.75) is 44.4 Å². The number of piperidine rings is 1. The molecule has 0 bridgehead atoms. The van der Waals surface area contributed by atoms with Gasteiger partial charge >= 0.3 is 5.97 Å². The first kappa shape index (κ1) is 20.4. The summed E-state index contributed by atoms with van der Waals surface area (Å²) in [5, 5.41) is 11.8. The molecule has 0 atom stereocenters. The second-order valence-electron chi connectivity index (χ2n) is 7.16. The smallest absolute Gasteiger partial charge is 0.309 e. The van der Waals surface area contributed by atoms with Crippen LogP contribution in [0.15, 0.2) is 29.2 Å². The summed E-state index contributed by atoms with van der Waals surface area (Å²) in [6.45, 7) is 4.24. The van der Waals surface area contributed by atoms with Gasteiger partial charge < -0.3 is 10.4 Å². The molecule has 2 N–H and O–H groups in total. The molecule has 1 aliphatic heterocycles. The molecule has 1 heterocycles. The van der Waals surface area contributed by atoms with Crippen molar-refractivity contribution >= 4 is 21.9 Å². The Bertz CT molecular complexity index is 768. The van der Waals surface area contributed by atoms with Crippen LogP contribution in [0.25, 0.3) is 0 Å². The highest BCUT2D eigenvalue weighted by Crippen LogP contribution is 2.24. The zero-order valence-corrected chi connectivity index (χ0v) is 16.0. The second kappa shape index (κ2) is 8.18. The van der Waals surface area contributed by atoms with Gasteiger partial charge in [0.2, 0.25) is 10.0 Å². The Morgan fingerprint density at radius 2 is 1.77 bits per heavy atom. The Kier molecular flexibility index (Phi) is 6.41. The van der Waals surface area contributed by atoms with Crippen molar-refractivity contribution in [1.29, 1.82) is 0 Å². The molecular weight excluding hydrogens is 356 g/mol. The fourth-order valence-corrected chi connectivity index (χ4v) is 4.52. The molecule has 144 valence electrons. The first-order chi connectivity index (χ1) is 12.2. The highest BCUT2D eigenvalue weighted by atomic mass is 32.2. The topological polar surface area (TPSA) is 104 Å². The summed E-state index contributed by atoms with van der Waals surface area (Å²) in [5.41, 5.74) is -0.877. The quantitative estimate of drug-likeness (QED) is 0.751. The lowest BCUT2D eigenvalue weighted by Gasteiger charge is -2.26. The molecule has 1 aromatic carbocycles. The van der Waals surface area contributed by atoms with Crippen LogP contribution >= 0.6 is 0 Å². The first-order valence-corrected chi connectivity index (χ1v) is 10.2. The van der Waals surface area contributed by atoms with Crippen molar-refractivity contribution in [3.63, 3.8) is 0 Å². The number of amides is 1. The Morgan fingerprint density at radius 1 is 1.15 bits per heavy atom. The van der Waals surface area contributed by atoms with E-state index in [1.807, 2.05) is 0 Å². The average molecular weight is 382 g/mol. The van der Waals surface area contributed by atoms with Gasteiger partial charge in [-0.1, -0.05) is 18.6 Å². The van der Waals surface area contributed by atoms with E-state index in [9.17, 15) is 18.0 Å². The van der Waals surface area contributed by atoms with E-state index in [1.165, 1.54) is 16.4 Å². The third kappa shape index (κ3) is 4.62. The molecule has 0 unspecified atom stereocenters. The van der Waals surface area contributed by atoms with Crippen LogP contribution in [0, 0.1) is 5.41 Å². The molecule has 1 saturated heterocycles. The summed E-state index contributed by atoms with van der Waals surface area (Å²) in [7, 11) is -3.73. The van der Waals surface area contributed by atoms with Crippen molar-refractivity contribution in [3.8, 4) is 0 Å². The fraction of sp³-hybridized carbons (Fsp3) is 0.556. The van der Waals surface area contributed by atoms with Gasteiger partial charge in [-0.2, -0.15) is 4.31 Å². The number of nitrogens with zero attached hydrogens (tertiary/aromatic N) is 1. The standard InChI is InChI=1S/C18H26N2O5S/c1-18(2,17(22)23)10-11-19-16(21)14-8-4-5-9-15(14)26(24,25)20-12-6-3-7-13-20/h4-5,8-9H,3,6-7,10-13H2,1-2H3,(H,19,21)(H,22,23). The first-order valence-electron chi connectivity index (χ1n) is 8.77. The van der Waals surface area contributed by atoms with Crippen LogP contribution in [0.3, 0.4) is 0 Å². The second-order valence-corrected chi connectivity index (χ2v) is 9.06. The van der Waals surface area contributed by atoms with Crippen molar-refractivity contribution in [1.82, 2.24) is 9.62 Å². The van der Waals surface area contributed by atoms with Crippen molar-refractivity contribution < 1.29 is 23.1 Å². The number of hydrogen-bond donors (Lipinski definition) is 2. The van der Waals surface area contributed by atoms with Crippen molar-refractivity contribution in [2.24, 2.45) is 5.41 Å². The number of sulfonamides is 1. The SMILES string of the molecule is CC(C)(CCNC(=O)c1ccccc1S(=O)(=O)N1CCCCC1)C(=O)O. The van der Waals surface area contributed by atoms with E-state index in [0.717, 1.165) is 19.3 Å². The lowest BCUT2D eigenvalue weighted by molar-refractivity contribution is -0.147. The number of aliphatic carboxylic acids is 1. The van der Waals surface area contributed by atoms with Crippen LogP contribution < -0.4 is 5.32 Å². The number of hydrogen-bond acceptors (Lipinski definition) is 4. The third-order valence-corrected chi connectivity index (χ3v) is 6.64. The molecule has 2 rings (SSSR count). The third-order valence-electron chi connectivity index (χ3n) is 4.68. The predicted molar refractivity (Wildman–Crippen MR) is 97.4 cm³/mol. The highest BCUT2D eigenvalue weighted by Gasteiger charge is 2.30. The van der Waals surface area contributed by atoms with E-state index in [-0.39, 0.29) is 23.4 Å². The largest absolute Gasteiger partial charge is 0.481 e. The Balaban J connectivity index is 2.15. The van der Waals surface area contributed by atoms with Gasteiger partial charge in [0.25, 0.3) is 5.91 Å². The van der Waals surface area contributed by atoms with Gasteiger partial charge in [-0.3, -0.25) is 9.59 Å². The molecule has 8 heteroatoms. The van der Waals surface area contributed by atoms with Crippen molar-refractivity contribution in [3.05, 3.63) is 29.8 Å². The van der Waals surface area contributed by atoms with Crippen LogP contribution in [0.2, 0.25) is 0 Å². The molecule has 0 saturated carbocycles. The zero-order chi connectivity index (χ0) is 19.4. The van der Waals surface area contributed by atoms with Crippen LogP contribution in [0.1, 0.15) is 49.9 Å².